The lowest BCUT2D eigenvalue weighted by Crippen LogP contribution is -2.14. The van der Waals surface area contributed by atoms with Crippen molar-refractivity contribution in [3.63, 3.8) is 0 Å². The van der Waals surface area contributed by atoms with E-state index in [4.69, 9.17) is 0 Å². The van der Waals surface area contributed by atoms with E-state index in [1.807, 2.05) is 19.9 Å². The summed E-state index contributed by atoms with van der Waals surface area (Å²) in [7, 11) is 0. The maximum Gasteiger partial charge on any atom is 0.224 e. The van der Waals surface area contributed by atoms with Gasteiger partial charge in [0.15, 0.2) is 0 Å². The highest BCUT2D eigenvalue weighted by molar-refractivity contribution is 5.92. The van der Waals surface area contributed by atoms with Crippen LogP contribution in [0.4, 0.5) is 17.3 Å². The first-order valence-electron chi connectivity index (χ1n) is 8.16. The van der Waals surface area contributed by atoms with Gasteiger partial charge in [-0.2, -0.15) is 0 Å². The van der Waals surface area contributed by atoms with Crippen molar-refractivity contribution in [1.82, 2.24) is 9.97 Å². The molecule has 7 nitrogen and oxygen atoms in total. The molecule has 0 bridgehead atoms. The minimum Gasteiger partial charge on any atom is -0.354 e. The molecule has 1 aromatic heterocycles. The summed E-state index contributed by atoms with van der Waals surface area (Å²) in [6.07, 6.45) is 1.07. The Morgan fingerprint density at radius 2 is 1.52 bits per heavy atom. The number of rotatable bonds is 7. The molecule has 0 unspecified atom stereocenters. The molecule has 0 aliphatic heterocycles. The molecule has 0 aliphatic rings. The average Bonchev–Trinajstić information content (AvgIpc) is 2.52. The number of anilines is 3. The van der Waals surface area contributed by atoms with Gasteiger partial charge in [-0.1, -0.05) is 0 Å². The van der Waals surface area contributed by atoms with Crippen LogP contribution in [0, 0.1) is 13.8 Å². The third kappa shape index (κ3) is 6.58. The van der Waals surface area contributed by atoms with E-state index in [1.54, 1.807) is 24.3 Å². The molecule has 0 fully saturated rings. The molecular formula is C18H23N5O2. The van der Waals surface area contributed by atoms with Crippen LogP contribution in [0.3, 0.4) is 0 Å². The summed E-state index contributed by atoms with van der Waals surface area (Å²) < 4.78 is 0. The minimum atomic E-state index is -0.128. The maximum atomic E-state index is 12.0. The number of aryl methyl sites for hydroxylation is 2. The second kappa shape index (κ2) is 8.77. The molecular weight excluding hydrogens is 318 g/mol. The summed E-state index contributed by atoms with van der Waals surface area (Å²) in [6.45, 7) is 5.92. The SMILES string of the molecule is CC(=O)Nc1ccc(NC(=O)CCCNc2nc(C)cc(C)n2)cc1. The number of nitrogens with zero attached hydrogens (tertiary/aromatic N) is 2. The Hall–Kier alpha value is -2.96. The fourth-order valence-electron chi connectivity index (χ4n) is 2.32. The molecule has 0 saturated carbocycles. The van der Waals surface area contributed by atoms with E-state index in [1.165, 1.54) is 6.92 Å². The van der Waals surface area contributed by atoms with E-state index in [0.29, 0.717) is 36.7 Å². The molecule has 2 amide bonds. The molecule has 2 rings (SSSR count). The number of benzene rings is 1. The van der Waals surface area contributed by atoms with E-state index in [9.17, 15) is 9.59 Å². The van der Waals surface area contributed by atoms with E-state index in [2.05, 4.69) is 25.9 Å². The number of aromatic nitrogens is 2. The summed E-state index contributed by atoms with van der Waals surface area (Å²) in [6, 6.07) is 8.91. The van der Waals surface area contributed by atoms with Crippen LogP contribution in [0.5, 0.6) is 0 Å². The predicted molar refractivity (Wildman–Crippen MR) is 98.6 cm³/mol. The molecule has 0 radical (unpaired) electrons. The monoisotopic (exact) mass is 341 g/mol. The number of hydrogen-bond acceptors (Lipinski definition) is 5. The minimum absolute atomic E-state index is 0.0598. The topological polar surface area (TPSA) is 96.0 Å². The van der Waals surface area contributed by atoms with Crippen LogP contribution >= 0.6 is 0 Å². The van der Waals surface area contributed by atoms with Crippen LogP contribution < -0.4 is 16.0 Å². The lowest BCUT2D eigenvalue weighted by Gasteiger charge is -2.08. The molecule has 1 heterocycles. The Balaban J connectivity index is 1.72. The zero-order chi connectivity index (χ0) is 18.2. The van der Waals surface area contributed by atoms with Crippen LogP contribution in [-0.4, -0.2) is 28.3 Å². The molecule has 132 valence electrons. The summed E-state index contributed by atoms with van der Waals surface area (Å²) in [5.41, 5.74) is 3.22. The van der Waals surface area contributed by atoms with Crippen molar-refractivity contribution >= 4 is 29.1 Å². The van der Waals surface area contributed by atoms with Crippen LogP contribution in [0.25, 0.3) is 0 Å². The van der Waals surface area contributed by atoms with Crippen molar-refractivity contribution in [2.24, 2.45) is 0 Å². The van der Waals surface area contributed by atoms with Crippen LogP contribution in [0.2, 0.25) is 0 Å². The highest BCUT2D eigenvalue weighted by Gasteiger charge is 2.04. The zero-order valence-corrected chi connectivity index (χ0v) is 14.7. The summed E-state index contributed by atoms with van der Waals surface area (Å²) >= 11 is 0. The van der Waals surface area contributed by atoms with Gasteiger partial charge in [0.2, 0.25) is 17.8 Å². The first-order chi connectivity index (χ1) is 11.9. The van der Waals surface area contributed by atoms with Gasteiger partial charge in [0.05, 0.1) is 0 Å². The van der Waals surface area contributed by atoms with Gasteiger partial charge in [-0.25, -0.2) is 9.97 Å². The van der Waals surface area contributed by atoms with Gasteiger partial charge < -0.3 is 16.0 Å². The number of amides is 2. The van der Waals surface area contributed by atoms with Crippen molar-refractivity contribution in [2.45, 2.75) is 33.6 Å². The number of carbonyl (C=O) groups excluding carboxylic acids is 2. The quantitative estimate of drug-likeness (QED) is 0.673. The van der Waals surface area contributed by atoms with Crippen LogP contribution in [-0.2, 0) is 9.59 Å². The van der Waals surface area contributed by atoms with E-state index in [-0.39, 0.29) is 11.8 Å². The molecule has 2 aromatic rings. The zero-order valence-electron chi connectivity index (χ0n) is 14.7. The Morgan fingerprint density at radius 3 is 2.08 bits per heavy atom. The highest BCUT2D eigenvalue weighted by Crippen LogP contribution is 2.14. The van der Waals surface area contributed by atoms with Gasteiger partial charge in [-0.05, 0) is 50.6 Å². The molecule has 25 heavy (non-hydrogen) atoms. The van der Waals surface area contributed by atoms with Crippen molar-refractivity contribution in [3.05, 3.63) is 41.7 Å². The summed E-state index contributed by atoms with van der Waals surface area (Å²) in [5, 5.41) is 8.64. The second-order valence-electron chi connectivity index (χ2n) is 5.81. The van der Waals surface area contributed by atoms with Gasteiger partial charge in [-0.3, -0.25) is 9.59 Å². The molecule has 7 heteroatoms. The molecule has 0 atom stereocenters. The van der Waals surface area contributed by atoms with E-state index in [0.717, 1.165) is 11.4 Å². The van der Waals surface area contributed by atoms with Crippen molar-refractivity contribution in [2.75, 3.05) is 22.5 Å². The first kappa shape index (κ1) is 18.4. The van der Waals surface area contributed by atoms with Gasteiger partial charge in [-0.15, -0.1) is 0 Å². The van der Waals surface area contributed by atoms with E-state index >= 15 is 0 Å². The largest absolute Gasteiger partial charge is 0.354 e. The van der Waals surface area contributed by atoms with Crippen LogP contribution in [0.1, 0.15) is 31.2 Å². The lowest BCUT2D eigenvalue weighted by atomic mass is 10.2. The fraction of sp³-hybridized carbons (Fsp3) is 0.333. The van der Waals surface area contributed by atoms with Gasteiger partial charge in [0.25, 0.3) is 0 Å². The fourth-order valence-corrected chi connectivity index (χ4v) is 2.32. The lowest BCUT2D eigenvalue weighted by molar-refractivity contribution is -0.116. The summed E-state index contributed by atoms with van der Waals surface area (Å²) in [4.78, 5) is 31.5. The smallest absolute Gasteiger partial charge is 0.224 e. The second-order valence-corrected chi connectivity index (χ2v) is 5.81. The standard InChI is InChI=1S/C18H23N5O2/c1-12-11-13(2)21-18(20-12)19-10-4-5-17(25)23-16-8-6-15(7-9-16)22-14(3)24/h6-9,11H,4-5,10H2,1-3H3,(H,22,24)(H,23,25)(H,19,20,21). The number of hydrogen-bond donors (Lipinski definition) is 3. The maximum absolute atomic E-state index is 12.0. The van der Waals surface area contributed by atoms with Gasteiger partial charge in [0, 0.05) is 42.7 Å². The number of carbonyl (C=O) groups is 2. The molecule has 3 N–H and O–H groups in total. The molecule has 0 spiro atoms. The third-order valence-electron chi connectivity index (χ3n) is 3.34. The molecule has 0 saturated heterocycles. The Morgan fingerprint density at radius 1 is 0.960 bits per heavy atom. The van der Waals surface area contributed by atoms with Crippen LogP contribution in [0.15, 0.2) is 30.3 Å². The molecule has 1 aromatic carbocycles. The predicted octanol–water partition coefficient (Wildman–Crippen LogP) is 2.88. The van der Waals surface area contributed by atoms with E-state index < -0.39 is 0 Å². The van der Waals surface area contributed by atoms with Crippen molar-refractivity contribution in [1.29, 1.82) is 0 Å². The normalized spacial score (nSPS) is 10.2. The first-order valence-corrected chi connectivity index (χ1v) is 8.16. The highest BCUT2D eigenvalue weighted by atomic mass is 16.2. The third-order valence-corrected chi connectivity index (χ3v) is 3.34. The van der Waals surface area contributed by atoms with Crippen molar-refractivity contribution in [3.8, 4) is 0 Å². The number of nitrogens with one attached hydrogen (secondary N) is 3. The van der Waals surface area contributed by atoms with Gasteiger partial charge in [0.1, 0.15) is 0 Å². The van der Waals surface area contributed by atoms with Gasteiger partial charge >= 0.3 is 0 Å². The molecule has 0 aliphatic carbocycles. The Labute approximate surface area is 147 Å². The Bertz CT molecular complexity index is 723. The Kier molecular flexibility index (Phi) is 6.45. The summed E-state index contributed by atoms with van der Waals surface area (Å²) in [5.74, 6) is 0.402. The average molecular weight is 341 g/mol. The van der Waals surface area contributed by atoms with Crippen molar-refractivity contribution < 1.29 is 9.59 Å².